The van der Waals surface area contributed by atoms with Crippen LogP contribution in [-0.4, -0.2) is 29.4 Å². The van der Waals surface area contributed by atoms with Gasteiger partial charge in [-0.2, -0.15) is 0 Å². The van der Waals surface area contributed by atoms with E-state index < -0.39 is 0 Å². The third-order valence-corrected chi connectivity index (χ3v) is 4.69. The highest BCUT2D eigenvalue weighted by Crippen LogP contribution is 2.43. The molecule has 2 rings (SSSR count). The summed E-state index contributed by atoms with van der Waals surface area (Å²) >= 11 is 1.62. The first-order valence-electron chi connectivity index (χ1n) is 6.40. The molecule has 1 fully saturated rings. The standard InChI is InChI=1S/C13H21N3OS/c1-10-15-11(8-18-10)7-16(2)12(17)6-13(9-14)4-3-5-13/h8H,3-7,9,14H2,1-2H3. The van der Waals surface area contributed by atoms with E-state index in [4.69, 9.17) is 5.73 Å². The molecule has 0 aromatic carbocycles. The van der Waals surface area contributed by atoms with Gasteiger partial charge in [-0.05, 0) is 31.7 Å². The molecule has 1 aromatic heterocycles. The summed E-state index contributed by atoms with van der Waals surface area (Å²) in [7, 11) is 1.85. The first kappa shape index (κ1) is 13.5. The molecule has 0 saturated heterocycles. The van der Waals surface area contributed by atoms with E-state index in [1.807, 2.05) is 19.4 Å². The van der Waals surface area contributed by atoms with Crippen molar-refractivity contribution < 1.29 is 4.79 Å². The molecule has 0 atom stereocenters. The van der Waals surface area contributed by atoms with Gasteiger partial charge in [0.25, 0.3) is 0 Å². The molecule has 0 unspecified atom stereocenters. The molecule has 2 N–H and O–H groups in total. The lowest BCUT2D eigenvalue weighted by Gasteiger charge is -2.41. The highest BCUT2D eigenvalue weighted by Gasteiger charge is 2.38. The number of carbonyl (C=O) groups is 1. The second-order valence-electron chi connectivity index (χ2n) is 5.34. The fraction of sp³-hybridized carbons (Fsp3) is 0.692. The fourth-order valence-electron chi connectivity index (χ4n) is 2.40. The third kappa shape index (κ3) is 2.90. The lowest BCUT2D eigenvalue weighted by Crippen LogP contribution is -2.42. The Kier molecular flexibility index (Phi) is 4.02. The van der Waals surface area contributed by atoms with Gasteiger partial charge < -0.3 is 10.6 Å². The summed E-state index contributed by atoms with van der Waals surface area (Å²) in [5.41, 5.74) is 6.85. The van der Waals surface area contributed by atoms with Gasteiger partial charge >= 0.3 is 0 Å². The molecule has 0 bridgehead atoms. The molecule has 1 aliphatic rings. The van der Waals surface area contributed by atoms with Gasteiger partial charge in [0.2, 0.25) is 5.91 Å². The fourth-order valence-corrected chi connectivity index (χ4v) is 3.00. The van der Waals surface area contributed by atoms with Gasteiger partial charge in [-0.25, -0.2) is 4.98 Å². The zero-order valence-corrected chi connectivity index (χ0v) is 11.9. The molecule has 18 heavy (non-hydrogen) atoms. The number of nitrogens with zero attached hydrogens (tertiary/aromatic N) is 2. The van der Waals surface area contributed by atoms with Crippen LogP contribution in [0.1, 0.15) is 36.4 Å². The van der Waals surface area contributed by atoms with Crippen LogP contribution in [0.5, 0.6) is 0 Å². The Labute approximate surface area is 112 Å². The van der Waals surface area contributed by atoms with E-state index in [0.29, 0.717) is 19.5 Å². The highest BCUT2D eigenvalue weighted by atomic mass is 32.1. The van der Waals surface area contributed by atoms with Crippen LogP contribution in [0.15, 0.2) is 5.38 Å². The van der Waals surface area contributed by atoms with E-state index in [0.717, 1.165) is 23.5 Å². The van der Waals surface area contributed by atoms with Crippen molar-refractivity contribution in [2.45, 2.75) is 39.2 Å². The van der Waals surface area contributed by atoms with Gasteiger partial charge in [-0.3, -0.25) is 4.79 Å². The molecule has 0 spiro atoms. The Balaban J connectivity index is 1.88. The van der Waals surface area contributed by atoms with Gasteiger partial charge in [0, 0.05) is 18.8 Å². The number of nitrogens with two attached hydrogens (primary N) is 1. The van der Waals surface area contributed by atoms with Crippen LogP contribution in [0, 0.1) is 12.3 Å². The molecular formula is C13H21N3OS. The Bertz CT molecular complexity index is 420. The number of amides is 1. The molecule has 1 saturated carbocycles. The zero-order valence-electron chi connectivity index (χ0n) is 11.1. The topological polar surface area (TPSA) is 59.2 Å². The van der Waals surface area contributed by atoms with Crippen LogP contribution in [0.4, 0.5) is 0 Å². The van der Waals surface area contributed by atoms with Gasteiger partial charge in [-0.1, -0.05) is 6.42 Å². The van der Waals surface area contributed by atoms with E-state index in [2.05, 4.69) is 4.98 Å². The lowest BCUT2D eigenvalue weighted by molar-refractivity contribution is -0.134. The normalized spacial score (nSPS) is 17.3. The molecule has 0 aliphatic heterocycles. The Hall–Kier alpha value is -0.940. The van der Waals surface area contributed by atoms with Gasteiger partial charge in [-0.15, -0.1) is 11.3 Å². The van der Waals surface area contributed by atoms with Gasteiger partial charge in [0.1, 0.15) is 0 Å². The molecule has 0 radical (unpaired) electrons. The van der Waals surface area contributed by atoms with Crippen LogP contribution in [0.3, 0.4) is 0 Å². The number of aryl methyl sites for hydroxylation is 1. The molecule has 1 aromatic rings. The van der Waals surface area contributed by atoms with Crippen molar-refractivity contribution in [1.82, 2.24) is 9.88 Å². The van der Waals surface area contributed by atoms with Crippen LogP contribution < -0.4 is 5.73 Å². The minimum atomic E-state index is 0.0866. The van der Waals surface area contributed by atoms with Crippen molar-refractivity contribution in [3.63, 3.8) is 0 Å². The molecule has 5 heteroatoms. The Morgan fingerprint density at radius 2 is 2.33 bits per heavy atom. The van der Waals surface area contributed by atoms with E-state index in [1.54, 1.807) is 16.2 Å². The van der Waals surface area contributed by atoms with E-state index in [1.165, 1.54) is 6.42 Å². The highest BCUT2D eigenvalue weighted by molar-refractivity contribution is 7.09. The summed E-state index contributed by atoms with van der Waals surface area (Å²) in [5.74, 6) is 0.186. The van der Waals surface area contributed by atoms with Crippen molar-refractivity contribution in [1.29, 1.82) is 0 Å². The summed E-state index contributed by atoms with van der Waals surface area (Å²) in [5, 5.41) is 3.06. The largest absolute Gasteiger partial charge is 0.340 e. The lowest BCUT2D eigenvalue weighted by atomic mass is 9.66. The first-order valence-corrected chi connectivity index (χ1v) is 7.28. The molecule has 1 aliphatic carbocycles. The predicted octanol–water partition coefficient (Wildman–Crippen LogP) is 1.93. The molecule has 1 heterocycles. The van der Waals surface area contributed by atoms with Gasteiger partial charge in [0.05, 0.1) is 17.2 Å². The van der Waals surface area contributed by atoms with E-state index >= 15 is 0 Å². The molecule has 1 amide bonds. The average molecular weight is 267 g/mol. The van der Waals surface area contributed by atoms with Crippen LogP contribution in [0.2, 0.25) is 0 Å². The number of carbonyl (C=O) groups excluding carboxylic acids is 1. The molecule has 100 valence electrons. The van der Waals surface area contributed by atoms with Crippen molar-refractivity contribution >= 4 is 17.2 Å². The summed E-state index contributed by atoms with van der Waals surface area (Å²) in [6.07, 6.45) is 3.99. The second-order valence-corrected chi connectivity index (χ2v) is 6.40. The van der Waals surface area contributed by atoms with Crippen molar-refractivity contribution in [3.8, 4) is 0 Å². The third-order valence-electron chi connectivity index (χ3n) is 3.86. The summed E-state index contributed by atoms with van der Waals surface area (Å²) in [6, 6.07) is 0. The molecular weight excluding hydrogens is 246 g/mol. The van der Waals surface area contributed by atoms with Crippen molar-refractivity contribution in [3.05, 3.63) is 16.1 Å². The van der Waals surface area contributed by atoms with Crippen molar-refractivity contribution in [2.75, 3.05) is 13.6 Å². The zero-order chi connectivity index (χ0) is 13.2. The van der Waals surface area contributed by atoms with E-state index in [9.17, 15) is 4.79 Å². The van der Waals surface area contributed by atoms with Crippen LogP contribution >= 0.6 is 11.3 Å². The van der Waals surface area contributed by atoms with Crippen LogP contribution in [0.25, 0.3) is 0 Å². The number of rotatable bonds is 5. The summed E-state index contributed by atoms with van der Waals surface area (Å²) in [6.45, 7) is 3.21. The second kappa shape index (κ2) is 5.36. The minimum absolute atomic E-state index is 0.0866. The molecule has 4 nitrogen and oxygen atoms in total. The first-order chi connectivity index (χ1) is 8.54. The number of aromatic nitrogens is 1. The predicted molar refractivity (Wildman–Crippen MR) is 73.3 cm³/mol. The maximum Gasteiger partial charge on any atom is 0.223 e. The Morgan fingerprint density at radius 3 is 2.78 bits per heavy atom. The number of hydrogen-bond acceptors (Lipinski definition) is 4. The minimum Gasteiger partial charge on any atom is -0.340 e. The average Bonchev–Trinajstić information content (AvgIpc) is 2.69. The smallest absolute Gasteiger partial charge is 0.223 e. The van der Waals surface area contributed by atoms with Gasteiger partial charge in [0.15, 0.2) is 0 Å². The maximum absolute atomic E-state index is 12.2. The summed E-state index contributed by atoms with van der Waals surface area (Å²) < 4.78 is 0. The number of thiazole rings is 1. The Morgan fingerprint density at radius 1 is 1.61 bits per heavy atom. The number of hydrogen-bond donors (Lipinski definition) is 1. The monoisotopic (exact) mass is 267 g/mol. The summed E-state index contributed by atoms with van der Waals surface area (Å²) in [4.78, 5) is 18.3. The van der Waals surface area contributed by atoms with Crippen molar-refractivity contribution in [2.24, 2.45) is 11.1 Å². The quantitative estimate of drug-likeness (QED) is 0.887. The SMILES string of the molecule is Cc1nc(CN(C)C(=O)CC2(CN)CCC2)cs1. The van der Waals surface area contributed by atoms with E-state index in [-0.39, 0.29) is 11.3 Å². The van der Waals surface area contributed by atoms with Crippen LogP contribution in [-0.2, 0) is 11.3 Å². The maximum atomic E-state index is 12.2.